The van der Waals surface area contributed by atoms with E-state index in [9.17, 15) is 13.2 Å². The minimum absolute atomic E-state index is 0.108. The van der Waals surface area contributed by atoms with E-state index in [4.69, 9.17) is 11.6 Å². The third kappa shape index (κ3) is 3.77. The quantitative estimate of drug-likeness (QED) is 0.854. The van der Waals surface area contributed by atoms with Crippen molar-refractivity contribution < 1.29 is 13.2 Å². The Bertz CT molecular complexity index is 619. The lowest BCUT2D eigenvalue weighted by Crippen LogP contribution is -2.12. The summed E-state index contributed by atoms with van der Waals surface area (Å²) < 4.78 is 38.1. The van der Waals surface area contributed by atoms with E-state index in [0.717, 1.165) is 11.8 Å². The molecule has 0 aliphatic carbocycles. The molecule has 0 atom stereocenters. The Morgan fingerprint density at radius 3 is 2.55 bits per heavy atom. The molecule has 1 N–H and O–H groups in total. The molecule has 0 unspecified atom stereocenters. The molecule has 0 amide bonds. The van der Waals surface area contributed by atoms with Crippen LogP contribution in [0, 0.1) is 0 Å². The average Bonchev–Trinajstić information content (AvgIpc) is 2.37. The van der Waals surface area contributed by atoms with Gasteiger partial charge in [0.1, 0.15) is 10.8 Å². The summed E-state index contributed by atoms with van der Waals surface area (Å²) in [6.45, 7) is 0. The van der Waals surface area contributed by atoms with Crippen molar-refractivity contribution in [1.82, 2.24) is 9.97 Å². The second kappa shape index (κ2) is 5.88. The second-order valence-electron chi connectivity index (χ2n) is 3.72. The molecule has 2 rings (SSSR count). The standard InChI is InChI=1S/C12H9ClF3N3S/c1-17-9-6-10(19-11(18-9)12(14,15)16)20-8-4-2-3-7(13)5-8/h2-6H,1H3,(H,17,18,19). The van der Waals surface area contributed by atoms with Crippen molar-refractivity contribution in [3.05, 3.63) is 41.2 Å². The molecule has 1 heterocycles. The predicted molar refractivity (Wildman–Crippen MR) is 72.2 cm³/mol. The molecule has 0 fully saturated rings. The number of alkyl halides is 3. The highest BCUT2D eigenvalue weighted by molar-refractivity contribution is 7.99. The Morgan fingerprint density at radius 1 is 1.20 bits per heavy atom. The lowest BCUT2D eigenvalue weighted by molar-refractivity contribution is -0.145. The fraction of sp³-hybridized carbons (Fsp3) is 0.167. The Morgan fingerprint density at radius 2 is 1.95 bits per heavy atom. The van der Waals surface area contributed by atoms with Crippen LogP contribution in [-0.4, -0.2) is 17.0 Å². The van der Waals surface area contributed by atoms with Gasteiger partial charge in [-0.2, -0.15) is 13.2 Å². The molecule has 0 radical (unpaired) electrons. The van der Waals surface area contributed by atoms with Crippen LogP contribution in [0.2, 0.25) is 5.02 Å². The molecule has 8 heteroatoms. The van der Waals surface area contributed by atoms with Crippen molar-refractivity contribution in [1.29, 1.82) is 0 Å². The van der Waals surface area contributed by atoms with Gasteiger partial charge in [-0.3, -0.25) is 0 Å². The van der Waals surface area contributed by atoms with Gasteiger partial charge in [-0.15, -0.1) is 0 Å². The summed E-state index contributed by atoms with van der Waals surface area (Å²) in [5, 5.41) is 3.29. The number of nitrogens with zero attached hydrogens (tertiary/aromatic N) is 2. The van der Waals surface area contributed by atoms with Crippen LogP contribution in [0.5, 0.6) is 0 Å². The number of nitrogens with one attached hydrogen (secondary N) is 1. The topological polar surface area (TPSA) is 37.8 Å². The summed E-state index contributed by atoms with van der Waals surface area (Å²) in [6.07, 6.45) is -4.59. The van der Waals surface area contributed by atoms with Crippen molar-refractivity contribution in [3.8, 4) is 0 Å². The second-order valence-corrected chi connectivity index (χ2v) is 5.25. The summed E-state index contributed by atoms with van der Waals surface area (Å²) in [6, 6.07) is 8.24. The first kappa shape index (κ1) is 14.9. The highest BCUT2D eigenvalue weighted by Gasteiger charge is 2.35. The molecule has 20 heavy (non-hydrogen) atoms. The van der Waals surface area contributed by atoms with Gasteiger partial charge in [-0.25, -0.2) is 9.97 Å². The Labute approximate surface area is 122 Å². The van der Waals surface area contributed by atoms with Crippen molar-refractivity contribution in [2.24, 2.45) is 0 Å². The average molecular weight is 320 g/mol. The van der Waals surface area contributed by atoms with Gasteiger partial charge in [0.2, 0.25) is 5.82 Å². The van der Waals surface area contributed by atoms with Gasteiger partial charge in [0.25, 0.3) is 0 Å². The SMILES string of the molecule is CNc1cc(Sc2cccc(Cl)c2)nc(C(F)(F)F)n1. The van der Waals surface area contributed by atoms with Crippen LogP contribution in [0.25, 0.3) is 0 Å². The van der Waals surface area contributed by atoms with E-state index in [1.54, 1.807) is 24.3 Å². The first-order valence-corrected chi connectivity index (χ1v) is 6.65. The fourth-order valence-electron chi connectivity index (χ4n) is 1.38. The molecule has 0 aliphatic rings. The van der Waals surface area contributed by atoms with Crippen LogP contribution in [0.15, 0.2) is 40.3 Å². The molecule has 0 saturated heterocycles. The molecule has 0 spiro atoms. The van der Waals surface area contributed by atoms with E-state index < -0.39 is 12.0 Å². The molecular weight excluding hydrogens is 311 g/mol. The highest BCUT2D eigenvalue weighted by Crippen LogP contribution is 2.33. The maximum Gasteiger partial charge on any atom is 0.451 e. The minimum atomic E-state index is -4.59. The zero-order valence-corrected chi connectivity index (χ0v) is 11.8. The Kier molecular flexibility index (Phi) is 4.39. The summed E-state index contributed by atoms with van der Waals surface area (Å²) in [4.78, 5) is 7.62. The minimum Gasteiger partial charge on any atom is -0.373 e. The van der Waals surface area contributed by atoms with Gasteiger partial charge < -0.3 is 5.32 Å². The van der Waals surface area contributed by atoms with Crippen LogP contribution in [0.1, 0.15) is 5.82 Å². The third-order valence-corrected chi connectivity index (χ3v) is 3.37. The van der Waals surface area contributed by atoms with E-state index in [1.807, 2.05) is 0 Å². The molecular formula is C12H9ClF3N3S. The lowest BCUT2D eigenvalue weighted by atomic mass is 10.4. The zero-order valence-electron chi connectivity index (χ0n) is 10.2. The monoisotopic (exact) mass is 319 g/mol. The largest absolute Gasteiger partial charge is 0.451 e. The first-order valence-electron chi connectivity index (χ1n) is 5.46. The van der Waals surface area contributed by atoms with Gasteiger partial charge in [-0.1, -0.05) is 29.4 Å². The van der Waals surface area contributed by atoms with Crippen molar-refractivity contribution in [3.63, 3.8) is 0 Å². The van der Waals surface area contributed by atoms with Crippen LogP contribution in [-0.2, 0) is 6.18 Å². The van der Waals surface area contributed by atoms with E-state index in [1.165, 1.54) is 13.1 Å². The van der Waals surface area contributed by atoms with Gasteiger partial charge in [0, 0.05) is 23.0 Å². The highest BCUT2D eigenvalue weighted by atomic mass is 35.5. The number of aromatic nitrogens is 2. The van der Waals surface area contributed by atoms with Crippen molar-refractivity contribution in [2.75, 3.05) is 12.4 Å². The molecule has 2 aromatic rings. The molecule has 0 bridgehead atoms. The maximum atomic E-state index is 12.7. The van der Waals surface area contributed by atoms with Crippen LogP contribution < -0.4 is 5.32 Å². The molecule has 0 aliphatic heterocycles. The zero-order chi connectivity index (χ0) is 14.8. The van der Waals surface area contributed by atoms with Crippen LogP contribution in [0.3, 0.4) is 0 Å². The first-order chi connectivity index (χ1) is 9.38. The normalized spacial score (nSPS) is 11.4. The van der Waals surface area contributed by atoms with Crippen LogP contribution >= 0.6 is 23.4 Å². The number of benzene rings is 1. The van der Waals surface area contributed by atoms with Crippen molar-refractivity contribution in [2.45, 2.75) is 16.1 Å². The maximum absolute atomic E-state index is 12.7. The van der Waals surface area contributed by atoms with E-state index in [2.05, 4.69) is 15.3 Å². The summed E-state index contributed by atoms with van der Waals surface area (Å²) in [7, 11) is 1.50. The van der Waals surface area contributed by atoms with E-state index >= 15 is 0 Å². The van der Waals surface area contributed by atoms with Gasteiger partial charge >= 0.3 is 6.18 Å². The Balaban J connectivity index is 2.36. The van der Waals surface area contributed by atoms with Gasteiger partial charge in [0.05, 0.1) is 0 Å². The van der Waals surface area contributed by atoms with Gasteiger partial charge in [0.15, 0.2) is 0 Å². The lowest BCUT2D eigenvalue weighted by Gasteiger charge is -2.09. The smallest absolute Gasteiger partial charge is 0.373 e. The molecule has 106 valence electrons. The summed E-state index contributed by atoms with van der Waals surface area (Å²) >= 11 is 6.92. The number of hydrogen-bond acceptors (Lipinski definition) is 4. The molecule has 3 nitrogen and oxygen atoms in total. The Hall–Kier alpha value is -1.47. The number of halogens is 4. The van der Waals surface area contributed by atoms with Gasteiger partial charge in [-0.05, 0) is 18.2 Å². The number of rotatable bonds is 3. The van der Waals surface area contributed by atoms with Crippen LogP contribution in [0.4, 0.5) is 19.0 Å². The molecule has 1 aromatic heterocycles. The van der Waals surface area contributed by atoms with E-state index in [-0.39, 0.29) is 10.8 Å². The summed E-state index contributed by atoms with van der Waals surface area (Å²) in [5.41, 5.74) is 0. The predicted octanol–water partition coefficient (Wildman–Crippen LogP) is 4.34. The fourth-order valence-corrected chi connectivity index (χ4v) is 2.51. The molecule has 1 aromatic carbocycles. The third-order valence-electron chi connectivity index (χ3n) is 2.23. The number of hydrogen-bond donors (Lipinski definition) is 1. The van der Waals surface area contributed by atoms with E-state index in [0.29, 0.717) is 9.92 Å². The number of anilines is 1. The summed E-state index contributed by atoms with van der Waals surface area (Å²) in [5.74, 6) is -1.06. The van der Waals surface area contributed by atoms with Crippen molar-refractivity contribution >= 4 is 29.2 Å². The molecule has 0 saturated carbocycles.